The van der Waals surface area contributed by atoms with Gasteiger partial charge in [0.15, 0.2) is 23.2 Å². The number of Topliss-reactive ketones (excluding diaryl/α,β-unsaturated/α-hetero) is 1. The van der Waals surface area contributed by atoms with Gasteiger partial charge in [0, 0.05) is 23.6 Å². The normalized spacial score (nSPS) is 19.5. The molecule has 2 atom stereocenters. The summed E-state index contributed by atoms with van der Waals surface area (Å²) in [4.78, 5) is 24.7. The molecule has 3 rings (SSSR count). The molecular weight excluding hydrogens is 507 g/mol. The molecule has 1 aliphatic rings. The summed E-state index contributed by atoms with van der Waals surface area (Å²) in [5, 5.41) is 2.28. The number of benzene rings is 2. The van der Waals surface area contributed by atoms with Crippen LogP contribution >= 0.6 is 34.8 Å². The molecule has 0 radical (unpaired) electrons. The summed E-state index contributed by atoms with van der Waals surface area (Å²) in [5.41, 5.74) is -0.349. The molecule has 1 fully saturated rings. The van der Waals surface area contributed by atoms with Crippen LogP contribution in [0.1, 0.15) is 34.7 Å². The maximum Gasteiger partial charge on any atom is 0.389 e. The molecule has 2 aromatic carbocycles. The van der Waals surface area contributed by atoms with Crippen molar-refractivity contribution in [1.82, 2.24) is 0 Å². The van der Waals surface area contributed by atoms with Crippen LogP contribution in [0.4, 0.5) is 32.0 Å². The van der Waals surface area contributed by atoms with E-state index in [1.54, 1.807) is 0 Å². The Hall–Kier alpha value is -1.97. The van der Waals surface area contributed by atoms with Gasteiger partial charge >= 0.3 is 6.18 Å². The maximum atomic E-state index is 13.5. The van der Waals surface area contributed by atoms with Gasteiger partial charge < -0.3 is 5.32 Å². The first-order valence-electron chi connectivity index (χ1n) is 8.95. The number of nitrogens with one attached hydrogen (secondary N) is 1. The Bertz CT molecular complexity index is 1070. The summed E-state index contributed by atoms with van der Waals surface area (Å²) >= 11 is 18.1. The van der Waals surface area contributed by atoms with Crippen molar-refractivity contribution in [2.45, 2.75) is 29.3 Å². The van der Waals surface area contributed by atoms with E-state index in [1.165, 1.54) is 12.1 Å². The van der Waals surface area contributed by atoms with Crippen LogP contribution in [0.15, 0.2) is 30.3 Å². The Balaban J connectivity index is 1.77. The molecule has 1 saturated carbocycles. The van der Waals surface area contributed by atoms with E-state index in [0.717, 1.165) is 6.07 Å². The van der Waals surface area contributed by atoms with Crippen molar-refractivity contribution in [3.8, 4) is 0 Å². The van der Waals surface area contributed by atoms with Gasteiger partial charge in [0.05, 0.1) is 17.4 Å². The number of halogens is 9. The summed E-state index contributed by atoms with van der Waals surface area (Å²) < 4.78 is 75.6. The van der Waals surface area contributed by atoms with Crippen molar-refractivity contribution in [2.75, 3.05) is 5.32 Å². The fourth-order valence-electron chi connectivity index (χ4n) is 3.25. The molecule has 2 aromatic rings. The van der Waals surface area contributed by atoms with Gasteiger partial charge in [-0.2, -0.15) is 13.2 Å². The Morgan fingerprint density at radius 1 is 1.03 bits per heavy atom. The van der Waals surface area contributed by atoms with Crippen molar-refractivity contribution >= 4 is 52.2 Å². The van der Waals surface area contributed by atoms with Gasteiger partial charge in [-0.3, -0.25) is 9.59 Å². The van der Waals surface area contributed by atoms with Gasteiger partial charge in [-0.25, -0.2) is 13.2 Å². The predicted molar refractivity (Wildman–Crippen MR) is 107 cm³/mol. The smallest absolute Gasteiger partial charge is 0.326 e. The molecule has 0 saturated heterocycles. The zero-order valence-electron chi connectivity index (χ0n) is 15.7. The third-order valence-corrected chi connectivity index (χ3v) is 6.14. The molecule has 0 aliphatic heterocycles. The van der Waals surface area contributed by atoms with Crippen LogP contribution < -0.4 is 5.32 Å². The second kappa shape index (κ2) is 8.76. The second-order valence-corrected chi connectivity index (χ2v) is 9.00. The molecule has 0 aromatic heterocycles. The lowest BCUT2D eigenvalue weighted by atomic mass is 10.1. The first kappa shape index (κ1) is 24.7. The monoisotopic (exact) mass is 517 g/mol. The Morgan fingerprint density at radius 3 is 2.19 bits per heavy atom. The fourth-order valence-corrected chi connectivity index (χ4v) is 4.30. The number of carbonyl (C=O) groups is 2. The number of hydrogen-bond donors (Lipinski definition) is 1. The minimum Gasteiger partial charge on any atom is -0.326 e. The second-order valence-electron chi connectivity index (χ2n) is 7.15. The predicted octanol–water partition coefficient (Wildman–Crippen LogP) is 6.81. The van der Waals surface area contributed by atoms with Gasteiger partial charge in [-0.05, 0) is 35.9 Å². The summed E-state index contributed by atoms with van der Waals surface area (Å²) in [6.07, 6.45) is -6.70. The fraction of sp³-hybridized carbons (Fsp3) is 0.300. The molecule has 2 unspecified atom stereocenters. The van der Waals surface area contributed by atoms with Crippen LogP contribution in [0.25, 0.3) is 0 Å². The van der Waals surface area contributed by atoms with Crippen molar-refractivity contribution in [2.24, 2.45) is 5.92 Å². The van der Waals surface area contributed by atoms with Gasteiger partial charge in [0.2, 0.25) is 5.91 Å². The van der Waals surface area contributed by atoms with Crippen molar-refractivity contribution < 1.29 is 35.9 Å². The average molecular weight is 519 g/mol. The number of anilines is 1. The quantitative estimate of drug-likeness (QED) is 0.198. The van der Waals surface area contributed by atoms with Crippen LogP contribution in [-0.4, -0.2) is 22.2 Å². The van der Waals surface area contributed by atoms with Crippen molar-refractivity contribution in [1.29, 1.82) is 0 Å². The zero-order chi connectivity index (χ0) is 24.0. The first-order valence-corrected chi connectivity index (χ1v) is 10.1. The molecule has 32 heavy (non-hydrogen) atoms. The summed E-state index contributed by atoms with van der Waals surface area (Å²) in [6, 6.07) is 4.95. The maximum absolute atomic E-state index is 13.5. The van der Waals surface area contributed by atoms with Gasteiger partial charge in [0.25, 0.3) is 0 Å². The van der Waals surface area contributed by atoms with Crippen LogP contribution in [0.5, 0.6) is 0 Å². The Labute approximate surface area is 192 Å². The molecule has 3 nitrogen and oxygen atoms in total. The van der Waals surface area contributed by atoms with Crippen molar-refractivity contribution in [3.05, 3.63) is 63.9 Å². The number of rotatable bonds is 6. The standard InChI is InChI=1S/C20H12Cl3F6NO2/c21-11-2-1-9(7-10(11)14(31)3-4-19(27,28)29)30-18(32)16-15(20(16,22)23)8-5-12(24)17(26)13(25)6-8/h1-2,5-7,15-16H,3-4H2,(H,30,32). The highest BCUT2D eigenvalue weighted by Gasteiger charge is 2.67. The van der Waals surface area contributed by atoms with Gasteiger partial charge in [-0.1, -0.05) is 11.6 Å². The topological polar surface area (TPSA) is 46.2 Å². The van der Waals surface area contributed by atoms with Crippen molar-refractivity contribution in [3.63, 3.8) is 0 Å². The van der Waals surface area contributed by atoms with Gasteiger partial charge in [-0.15, -0.1) is 23.2 Å². The number of amides is 1. The summed E-state index contributed by atoms with van der Waals surface area (Å²) in [5.74, 6) is -8.56. The van der Waals surface area contributed by atoms with Gasteiger partial charge in [0.1, 0.15) is 4.33 Å². The van der Waals surface area contributed by atoms with Crippen LogP contribution in [0, 0.1) is 23.4 Å². The van der Waals surface area contributed by atoms with E-state index in [9.17, 15) is 35.9 Å². The van der Waals surface area contributed by atoms with E-state index in [4.69, 9.17) is 34.8 Å². The summed E-state index contributed by atoms with van der Waals surface area (Å²) in [7, 11) is 0. The highest BCUT2D eigenvalue weighted by molar-refractivity contribution is 6.53. The molecule has 0 bridgehead atoms. The van der Waals surface area contributed by atoms with E-state index in [1.807, 2.05) is 0 Å². The molecule has 1 aliphatic carbocycles. The van der Waals surface area contributed by atoms with E-state index < -0.39 is 64.3 Å². The average Bonchev–Trinajstić information content (AvgIpc) is 3.27. The number of alkyl halides is 5. The third kappa shape index (κ3) is 5.15. The number of ketones is 1. The zero-order valence-corrected chi connectivity index (χ0v) is 17.9. The summed E-state index contributed by atoms with van der Waals surface area (Å²) in [6.45, 7) is 0. The van der Waals surface area contributed by atoms with E-state index in [2.05, 4.69) is 5.32 Å². The molecule has 172 valence electrons. The SMILES string of the molecule is O=C(CCC(F)(F)F)c1cc(NC(=O)C2C(c3cc(F)c(F)c(F)c3)C2(Cl)Cl)ccc1Cl. The number of carbonyl (C=O) groups excluding carboxylic acids is 2. The lowest BCUT2D eigenvalue weighted by Gasteiger charge is -2.10. The van der Waals surface area contributed by atoms with E-state index in [0.29, 0.717) is 12.1 Å². The largest absolute Gasteiger partial charge is 0.389 e. The molecule has 1 N–H and O–H groups in total. The molecule has 1 amide bonds. The Kier molecular flexibility index (Phi) is 6.75. The van der Waals surface area contributed by atoms with Crippen LogP contribution in [0.3, 0.4) is 0 Å². The molecule has 12 heteroatoms. The molecule has 0 heterocycles. The van der Waals surface area contributed by atoms with Crippen LogP contribution in [0.2, 0.25) is 5.02 Å². The van der Waals surface area contributed by atoms with E-state index in [-0.39, 0.29) is 21.8 Å². The first-order chi connectivity index (χ1) is 14.7. The molecular formula is C20H12Cl3F6NO2. The van der Waals surface area contributed by atoms with E-state index >= 15 is 0 Å². The lowest BCUT2D eigenvalue weighted by Crippen LogP contribution is -2.17. The van der Waals surface area contributed by atoms with Crippen LogP contribution in [-0.2, 0) is 4.79 Å². The lowest BCUT2D eigenvalue weighted by molar-refractivity contribution is -0.133. The minimum atomic E-state index is -4.53. The third-order valence-electron chi connectivity index (χ3n) is 4.87. The highest BCUT2D eigenvalue weighted by Crippen LogP contribution is 2.65. The number of hydrogen-bond acceptors (Lipinski definition) is 2. The minimum absolute atomic E-state index is 0.0148. The molecule has 0 spiro atoms. The Morgan fingerprint density at radius 2 is 1.62 bits per heavy atom. The highest BCUT2D eigenvalue weighted by atomic mass is 35.5.